The molecule has 10 fully saturated rings. The molecule has 10 rings (SSSR count). The molecule has 0 aromatic rings. The highest BCUT2D eigenvalue weighted by Gasteiger charge is 2.54. The van der Waals surface area contributed by atoms with Crippen LogP contribution in [0.15, 0.2) is 0 Å². The van der Waals surface area contributed by atoms with Gasteiger partial charge in [0.25, 0.3) is 0 Å². The van der Waals surface area contributed by atoms with Crippen LogP contribution in [0.3, 0.4) is 0 Å². The van der Waals surface area contributed by atoms with E-state index in [2.05, 4.69) is 70.2 Å². The molecule has 1 amide bonds. The van der Waals surface area contributed by atoms with Crippen molar-refractivity contribution in [3.63, 3.8) is 0 Å². The molecule has 0 aromatic carbocycles. The largest absolute Gasteiger partial charge is 0.343 e. The number of rotatable bonds is 1. The van der Waals surface area contributed by atoms with Crippen molar-refractivity contribution in [2.45, 2.75) is 199 Å². The first-order valence-electron chi connectivity index (χ1n) is 23.6. The number of hydrogen-bond donors (Lipinski definition) is 8. The van der Waals surface area contributed by atoms with Crippen LogP contribution in [0, 0.1) is 58.7 Å². The van der Waals surface area contributed by atoms with Crippen molar-refractivity contribution in [1.82, 2.24) is 47.4 Å². The van der Waals surface area contributed by atoms with Crippen LogP contribution in [0.5, 0.6) is 0 Å². The minimum absolute atomic E-state index is 0.347. The zero-order chi connectivity index (χ0) is 37.0. The molecule has 6 aliphatic heterocycles. The highest BCUT2D eigenvalue weighted by molar-refractivity contribution is 5.76. The van der Waals surface area contributed by atoms with Crippen molar-refractivity contribution >= 4 is 5.91 Å². The minimum atomic E-state index is 0.347. The van der Waals surface area contributed by atoms with Crippen LogP contribution < -0.4 is 42.5 Å². The molecular formula is C44H79N9O. The fourth-order valence-corrected chi connectivity index (χ4v) is 14.2. The van der Waals surface area contributed by atoms with Crippen LogP contribution in [-0.4, -0.2) is 73.2 Å². The third-order valence-corrected chi connectivity index (χ3v) is 17.2. The number of likely N-dealkylation sites (tertiary alicyclic amines) is 1. The molecule has 8 N–H and O–H groups in total. The van der Waals surface area contributed by atoms with Gasteiger partial charge >= 0.3 is 0 Å². The van der Waals surface area contributed by atoms with E-state index in [0.717, 1.165) is 73.3 Å². The van der Waals surface area contributed by atoms with Gasteiger partial charge in [0, 0.05) is 19.5 Å². The van der Waals surface area contributed by atoms with Gasteiger partial charge in [-0.25, -0.2) is 0 Å². The number of nitrogens with one attached hydrogen (secondary N) is 8. The Bertz CT molecular complexity index is 1070. The first-order valence-corrected chi connectivity index (χ1v) is 23.6. The van der Waals surface area contributed by atoms with Crippen LogP contribution in [-0.2, 0) is 4.79 Å². The van der Waals surface area contributed by atoms with Gasteiger partial charge in [-0.1, -0.05) is 72.1 Å². The second-order valence-corrected chi connectivity index (χ2v) is 21.0. The summed E-state index contributed by atoms with van der Waals surface area (Å²) in [7, 11) is 0. The molecule has 0 spiro atoms. The highest BCUT2D eigenvalue weighted by atomic mass is 16.2. The number of amides is 1. The summed E-state index contributed by atoms with van der Waals surface area (Å²) in [5.74, 6) is 7.01. The molecule has 4 saturated carbocycles. The highest BCUT2D eigenvalue weighted by Crippen LogP contribution is 2.45. The van der Waals surface area contributed by atoms with Gasteiger partial charge in [0.05, 0.1) is 49.3 Å². The van der Waals surface area contributed by atoms with E-state index in [-0.39, 0.29) is 0 Å². The minimum Gasteiger partial charge on any atom is -0.343 e. The lowest BCUT2D eigenvalue weighted by Gasteiger charge is -2.35. The standard InChI is InChI=1S/C32H56N8.C12H23NO/c1-2-10-18-17(9-1)25-33-26(18)38-28-21-13-5-6-14-22(21)30(35-28)40-32-24-16-8-7-15-23(24)31(36-32)39-29-20-12-4-3-11-19(20)27(34-29)37-25;1-5-13-9-8-10(12(2,3)4)6-7-11(13)14/h17-40H,1-16H2;10H,5-9H2,1-4H3. The van der Waals surface area contributed by atoms with Gasteiger partial charge in [-0.3, -0.25) is 47.3 Å². The Kier molecular flexibility index (Phi) is 11.8. The number of carbonyl (C=O) groups excluding carboxylic acids is 1. The summed E-state index contributed by atoms with van der Waals surface area (Å²) < 4.78 is 0. The topological polar surface area (TPSA) is 117 Å². The smallest absolute Gasteiger partial charge is 0.222 e. The van der Waals surface area contributed by atoms with Crippen molar-refractivity contribution in [2.75, 3.05) is 13.1 Å². The van der Waals surface area contributed by atoms with Crippen molar-refractivity contribution in [3.8, 4) is 0 Å². The van der Waals surface area contributed by atoms with Crippen LogP contribution in [0.25, 0.3) is 0 Å². The zero-order valence-corrected chi connectivity index (χ0v) is 34.5. The Morgan fingerprint density at radius 1 is 0.444 bits per heavy atom. The predicted octanol–water partition coefficient (Wildman–Crippen LogP) is 5.29. The van der Waals surface area contributed by atoms with Crippen molar-refractivity contribution in [3.05, 3.63) is 0 Å². The normalized spacial score (nSPS) is 49.1. The second-order valence-electron chi connectivity index (χ2n) is 21.0. The molecule has 0 aromatic heterocycles. The average Bonchev–Trinajstić information content (AvgIpc) is 3.88. The zero-order valence-electron chi connectivity index (χ0n) is 34.5. The molecule has 6 heterocycles. The van der Waals surface area contributed by atoms with Crippen LogP contribution in [0.2, 0.25) is 0 Å². The second kappa shape index (κ2) is 16.4. The maximum absolute atomic E-state index is 11.6. The molecule has 10 aliphatic rings. The SMILES string of the molecule is C1CCC2C3NC(NC4NC(NC5NC(NC6NC(N3)C3CCCCC63)C3CCCCC53)C3CCCCC43)C2C1.CCN1CCC(C(C)(C)C)CCC1=O. The summed E-state index contributed by atoms with van der Waals surface area (Å²) in [6, 6.07) is 0. The summed E-state index contributed by atoms with van der Waals surface area (Å²) >= 11 is 0. The molecule has 54 heavy (non-hydrogen) atoms. The van der Waals surface area contributed by atoms with Crippen molar-refractivity contribution < 1.29 is 4.79 Å². The lowest BCUT2D eigenvalue weighted by Crippen LogP contribution is -2.61. The Balaban J connectivity index is 0.000000234. The number of nitrogens with zero attached hydrogens (tertiary/aromatic N) is 1. The van der Waals surface area contributed by atoms with E-state index < -0.39 is 0 Å². The summed E-state index contributed by atoms with van der Waals surface area (Å²) in [5.41, 5.74) is 0.351. The van der Waals surface area contributed by atoms with Gasteiger partial charge in [-0.05, 0) is 130 Å². The number of hydrogen-bond acceptors (Lipinski definition) is 9. The van der Waals surface area contributed by atoms with Crippen molar-refractivity contribution in [1.29, 1.82) is 0 Å². The molecule has 8 bridgehead atoms. The molecule has 0 radical (unpaired) electrons. The van der Waals surface area contributed by atoms with E-state index in [0.29, 0.717) is 66.6 Å². The Labute approximate surface area is 328 Å². The molecule has 4 aliphatic carbocycles. The van der Waals surface area contributed by atoms with Gasteiger partial charge in [0.15, 0.2) is 0 Å². The van der Waals surface area contributed by atoms with Crippen LogP contribution in [0.4, 0.5) is 0 Å². The molecule has 9 atom stereocenters. The fourth-order valence-electron chi connectivity index (χ4n) is 14.2. The summed E-state index contributed by atoms with van der Waals surface area (Å²) in [5, 5.41) is 33.8. The Morgan fingerprint density at radius 3 is 0.926 bits per heavy atom. The van der Waals surface area contributed by atoms with Gasteiger partial charge in [-0.2, -0.15) is 0 Å². The first kappa shape index (κ1) is 38.7. The van der Waals surface area contributed by atoms with E-state index in [1.165, 1.54) is 109 Å². The molecule has 10 nitrogen and oxygen atoms in total. The molecule has 9 unspecified atom stereocenters. The fraction of sp³-hybridized carbons (Fsp3) is 0.977. The van der Waals surface area contributed by atoms with E-state index in [4.69, 9.17) is 0 Å². The van der Waals surface area contributed by atoms with E-state index in [1.54, 1.807) is 0 Å². The Hall–Kier alpha value is -0.850. The lowest BCUT2D eigenvalue weighted by atomic mass is 9.76. The van der Waals surface area contributed by atoms with Crippen molar-refractivity contribution in [2.24, 2.45) is 58.7 Å². The lowest BCUT2D eigenvalue weighted by molar-refractivity contribution is -0.130. The van der Waals surface area contributed by atoms with Gasteiger partial charge in [0.1, 0.15) is 0 Å². The molecule has 10 heteroatoms. The van der Waals surface area contributed by atoms with Gasteiger partial charge < -0.3 is 4.90 Å². The molecule has 306 valence electrons. The van der Waals surface area contributed by atoms with Crippen LogP contribution >= 0.6 is 0 Å². The third-order valence-electron chi connectivity index (χ3n) is 17.2. The average molecular weight is 750 g/mol. The predicted molar refractivity (Wildman–Crippen MR) is 216 cm³/mol. The maximum atomic E-state index is 11.6. The number of carbonyl (C=O) groups is 1. The maximum Gasteiger partial charge on any atom is 0.222 e. The van der Waals surface area contributed by atoms with E-state index in [1.807, 2.05) is 4.90 Å². The van der Waals surface area contributed by atoms with Crippen LogP contribution in [0.1, 0.15) is 150 Å². The van der Waals surface area contributed by atoms with Gasteiger partial charge in [-0.15, -0.1) is 0 Å². The molecular weight excluding hydrogens is 671 g/mol. The van der Waals surface area contributed by atoms with E-state index >= 15 is 0 Å². The summed E-state index contributed by atoms with van der Waals surface area (Å²) in [6.45, 7) is 10.7. The van der Waals surface area contributed by atoms with E-state index in [9.17, 15) is 4.79 Å². The quantitative estimate of drug-likeness (QED) is 0.181. The first-order chi connectivity index (χ1) is 26.2. The molecule has 6 saturated heterocycles. The summed E-state index contributed by atoms with van der Waals surface area (Å²) in [4.78, 5) is 13.6. The monoisotopic (exact) mass is 750 g/mol. The Morgan fingerprint density at radius 2 is 0.704 bits per heavy atom. The summed E-state index contributed by atoms with van der Waals surface area (Å²) in [6.07, 6.45) is 28.6. The van der Waals surface area contributed by atoms with Gasteiger partial charge in [0.2, 0.25) is 5.91 Å². The third kappa shape index (κ3) is 7.71. The number of fused-ring (bicyclic) bond motifs is 20.